The molecule has 0 atom stereocenters. The first-order valence-electron chi connectivity index (χ1n) is 14.6. The number of hydrogen-bond acceptors (Lipinski definition) is 6. The number of ether oxygens (including phenoxy) is 4. The first-order valence-corrected chi connectivity index (χ1v) is 17.3. The molecule has 0 aliphatic rings. The van der Waals surface area contributed by atoms with E-state index in [1.54, 1.807) is 28.4 Å². The van der Waals surface area contributed by atoms with Crippen molar-refractivity contribution < 1.29 is 18.9 Å². The zero-order chi connectivity index (χ0) is 32.1. The molecule has 0 saturated heterocycles. The Bertz CT molecular complexity index is 1540. The number of rotatable bonds is 10. The lowest BCUT2D eigenvalue weighted by molar-refractivity contribution is 0.365. The van der Waals surface area contributed by atoms with Crippen LogP contribution in [0.5, 0.6) is 23.5 Å². The highest BCUT2D eigenvalue weighted by molar-refractivity contribution is 7.80. The van der Waals surface area contributed by atoms with E-state index >= 15 is 0 Å². The molecule has 6 nitrogen and oxygen atoms in total. The normalized spacial score (nSPS) is 10.6. The predicted octanol–water partition coefficient (Wildman–Crippen LogP) is 5.71. The number of hydrogen-bond donors (Lipinski definition) is 0. The third-order valence-electron chi connectivity index (χ3n) is 6.94. The first kappa shape index (κ1) is 32.6. The van der Waals surface area contributed by atoms with E-state index in [1.807, 2.05) is 48.5 Å². The summed E-state index contributed by atoms with van der Waals surface area (Å²) in [5.74, 6) is 2.27. The van der Waals surface area contributed by atoms with Crippen LogP contribution in [0.4, 0.5) is 0 Å². The zero-order valence-corrected chi connectivity index (χ0v) is 28.1. The summed E-state index contributed by atoms with van der Waals surface area (Å²) in [6, 6.07) is 50.0. The third-order valence-corrected chi connectivity index (χ3v) is 11.7. The molecule has 6 aromatic rings. The summed E-state index contributed by atoms with van der Waals surface area (Å²) >= 11 is 0. The fraction of sp³-hybridized carbons (Fsp3) is 0.105. The number of aromatic nitrogens is 2. The van der Waals surface area contributed by atoms with Gasteiger partial charge in [0, 0.05) is 24.3 Å². The monoisotopic (exact) mass is 646 g/mol. The molecule has 0 spiro atoms. The molecule has 0 amide bonds. The smallest absolute Gasteiger partial charge is 0.216 e. The Balaban J connectivity index is 0.000000181. The van der Waals surface area contributed by atoms with Crippen LogP contribution in [0.2, 0.25) is 0 Å². The van der Waals surface area contributed by atoms with Crippen molar-refractivity contribution in [2.45, 2.75) is 0 Å². The molecule has 0 N–H and O–H groups in total. The van der Waals surface area contributed by atoms with Crippen LogP contribution in [0.1, 0.15) is 0 Å². The highest BCUT2D eigenvalue weighted by Crippen LogP contribution is 2.35. The lowest BCUT2D eigenvalue weighted by atomic mass is 10.4. The van der Waals surface area contributed by atoms with Gasteiger partial charge in [-0.25, -0.2) is 0 Å². The van der Waals surface area contributed by atoms with Gasteiger partial charge < -0.3 is 18.9 Å². The average molecular weight is 647 g/mol. The molecule has 0 aliphatic heterocycles. The van der Waals surface area contributed by atoms with E-state index in [0.717, 1.165) is 10.6 Å². The Kier molecular flexibility index (Phi) is 11.7. The predicted molar refractivity (Wildman–Crippen MR) is 192 cm³/mol. The fourth-order valence-corrected chi connectivity index (χ4v) is 9.44. The van der Waals surface area contributed by atoms with Crippen molar-refractivity contribution in [2.75, 3.05) is 28.4 Å². The second-order valence-electron chi connectivity index (χ2n) is 9.83. The van der Waals surface area contributed by atoms with Gasteiger partial charge in [-0.1, -0.05) is 121 Å². The maximum Gasteiger partial charge on any atom is 0.216 e. The third kappa shape index (κ3) is 8.28. The van der Waals surface area contributed by atoms with Crippen molar-refractivity contribution in [1.82, 2.24) is 9.97 Å². The van der Waals surface area contributed by atoms with E-state index in [4.69, 9.17) is 18.9 Å². The number of nitrogens with zero attached hydrogens (tertiary/aromatic N) is 2. The Hall–Kier alpha value is -4.76. The van der Waals surface area contributed by atoms with Gasteiger partial charge in [-0.05, 0) is 47.7 Å². The molecule has 2 aromatic heterocycles. The molecule has 8 heteroatoms. The average Bonchev–Trinajstić information content (AvgIpc) is 3.13. The van der Waals surface area contributed by atoms with Crippen LogP contribution in [0.15, 0.2) is 146 Å². The Morgan fingerprint density at radius 3 is 0.739 bits per heavy atom. The van der Waals surface area contributed by atoms with Crippen molar-refractivity contribution >= 4 is 47.7 Å². The van der Waals surface area contributed by atoms with Crippen LogP contribution in [-0.2, 0) is 0 Å². The van der Waals surface area contributed by atoms with E-state index in [2.05, 4.69) is 107 Å². The van der Waals surface area contributed by atoms with Gasteiger partial charge in [0.2, 0.25) is 23.5 Å². The van der Waals surface area contributed by atoms with Crippen molar-refractivity contribution in [3.8, 4) is 23.5 Å². The Morgan fingerprint density at radius 2 is 0.543 bits per heavy atom. The van der Waals surface area contributed by atoms with Crippen molar-refractivity contribution in [3.63, 3.8) is 0 Å². The highest BCUT2D eigenvalue weighted by atomic mass is 31.1. The van der Waals surface area contributed by atoms with E-state index in [1.165, 1.54) is 21.2 Å². The summed E-state index contributed by atoms with van der Waals surface area (Å²) in [5.41, 5.74) is 0. The van der Waals surface area contributed by atoms with E-state index < -0.39 is 15.8 Å². The number of benzene rings is 4. The summed E-state index contributed by atoms with van der Waals surface area (Å²) in [6.45, 7) is 0. The Morgan fingerprint density at radius 1 is 0.326 bits per heavy atom. The van der Waals surface area contributed by atoms with Gasteiger partial charge in [0.25, 0.3) is 0 Å². The quantitative estimate of drug-likeness (QED) is 0.178. The van der Waals surface area contributed by atoms with Gasteiger partial charge in [0.05, 0.1) is 28.4 Å². The van der Waals surface area contributed by atoms with Gasteiger partial charge in [-0.3, -0.25) is 0 Å². The molecule has 0 saturated carbocycles. The SMILES string of the molecule is COc1cc(P(c2ccccc2)c2ccccc2)cc(OC)n1.COc1cc(P(c2ccccc2)c2ccccc2)cc(OC)n1. The van der Waals surface area contributed by atoms with E-state index in [-0.39, 0.29) is 0 Å². The van der Waals surface area contributed by atoms with Crippen LogP contribution < -0.4 is 50.8 Å². The van der Waals surface area contributed by atoms with Gasteiger partial charge >= 0.3 is 0 Å². The molecule has 46 heavy (non-hydrogen) atoms. The minimum atomic E-state index is -0.690. The molecule has 4 aromatic carbocycles. The van der Waals surface area contributed by atoms with Crippen LogP contribution in [0.3, 0.4) is 0 Å². The highest BCUT2D eigenvalue weighted by Gasteiger charge is 2.20. The molecule has 0 radical (unpaired) electrons. The largest absolute Gasteiger partial charge is 0.481 e. The van der Waals surface area contributed by atoms with Crippen LogP contribution in [0, 0.1) is 0 Å². The molecule has 232 valence electrons. The van der Waals surface area contributed by atoms with E-state index in [0.29, 0.717) is 23.5 Å². The van der Waals surface area contributed by atoms with Crippen LogP contribution in [-0.4, -0.2) is 38.4 Å². The summed E-state index contributed by atoms with van der Waals surface area (Å²) < 4.78 is 21.4. The standard InChI is InChI=1S/2C19H18NO2P/c2*1-21-18-13-17(14-19(20-18)22-2)23(15-9-5-3-6-10-15)16-11-7-4-8-12-16/h2*3-14H,1-2H3. The lowest BCUT2D eigenvalue weighted by Gasteiger charge is -2.20. The summed E-state index contributed by atoms with van der Waals surface area (Å²) in [4.78, 5) is 8.61. The first-order chi connectivity index (χ1) is 22.6. The lowest BCUT2D eigenvalue weighted by Crippen LogP contribution is -2.21. The maximum atomic E-state index is 5.34. The Labute approximate surface area is 273 Å². The molecule has 0 fully saturated rings. The molecule has 0 bridgehead atoms. The molecule has 2 heterocycles. The van der Waals surface area contributed by atoms with Gasteiger partial charge in [0.1, 0.15) is 0 Å². The maximum absolute atomic E-state index is 5.34. The van der Waals surface area contributed by atoms with Crippen LogP contribution in [0.25, 0.3) is 0 Å². The van der Waals surface area contributed by atoms with Crippen molar-refractivity contribution in [2.24, 2.45) is 0 Å². The van der Waals surface area contributed by atoms with Gasteiger partial charge in [-0.2, -0.15) is 9.97 Å². The number of methoxy groups -OCH3 is 4. The minimum absolute atomic E-state index is 0.568. The topological polar surface area (TPSA) is 62.7 Å². The summed E-state index contributed by atoms with van der Waals surface area (Å²) in [7, 11) is 5.12. The fourth-order valence-electron chi connectivity index (χ4n) is 4.81. The van der Waals surface area contributed by atoms with Crippen molar-refractivity contribution in [1.29, 1.82) is 0 Å². The van der Waals surface area contributed by atoms with Crippen LogP contribution >= 0.6 is 15.8 Å². The molecule has 0 unspecified atom stereocenters. The second kappa shape index (κ2) is 16.5. The van der Waals surface area contributed by atoms with Gasteiger partial charge in [0.15, 0.2) is 0 Å². The second-order valence-corrected chi connectivity index (χ2v) is 14.3. The summed E-state index contributed by atoms with van der Waals surface area (Å²) in [6.07, 6.45) is 0. The molecular formula is C38H36N2O4P2. The van der Waals surface area contributed by atoms with Gasteiger partial charge in [-0.15, -0.1) is 0 Å². The minimum Gasteiger partial charge on any atom is -0.481 e. The summed E-state index contributed by atoms with van der Waals surface area (Å²) in [5, 5.41) is 7.43. The van der Waals surface area contributed by atoms with E-state index in [9.17, 15) is 0 Å². The van der Waals surface area contributed by atoms with Crippen molar-refractivity contribution in [3.05, 3.63) is 146 Å². The zero-order valence-electron chi connectivity index (χ0n) is 26.3. The molecule has 0 aliphatic carbocycles. The number of pyridine rings is 2. The molecule has 6 rings (SSSR count). The molecular weight excluding hydrogens is 610 g/mol.